The zero-order valence-corrected chi connectivity index (χ0v) is 12.4. The van der Waals surface area contributed by atoms with Crippen molar-refractivity contribution in [1.82, 2.24) is 4.90 Å². The van der Waals surface area contributed by atoms with Gasteiger partial charge in [0.2, 0.25) is 0 Å². The Balaban J connectivity index is 2.12. The van der Waals surface area contributed by atoms with Crippen LogP contribution in [-0.2, 0) is 0 Å². The van der Waals surface area contributed by atoms with E-state index in [0.29, 0.717) is 17.8 Å². The molecule has 0 spiro atoms. The summed E-state index contributed by atoms with van der Waals surface area (Å²) in [4.78, 5) is 12.9. The highest BCUT2D eigenvalue weighted by Crippen LogP contribution is 2.32. The van der Waals surface area contributed by atoms with Crippen LogP contribution in [0, 0.1) is 26.9 Å². The second-order valence-corrected chi connectivity index (χ2v) is 6.07. The molecule has 1 fully saturated rings. The number of piperidine rings is 1. The summed E-state index contributed by atoms with van der Waals surface area (Å²) in [6.45, 7) is 4.96. The van der Waals surface area contributed by atoms with Gasteiger partial charge in [-0.25, -0.2) is 0 Å². The molecule has 6 nitrogen and oxygen atoms in total. The first kappa shape index (κ1) is 15.3. The number of likely N-dealkylation sites (tertiary alicyclic amines) is 1. The van der Waals surface area contributed by atoms with Gasteiger partial charge in [-0.15, -0.1) is 0 Å². The fourth-order valence-electron chi connectivity index (χ4n) is 2.55. The molecule has 6 heteroatoms. The second kappa shape index (κ2) is 6.10. The van der Waals surface area contributed by atoms with E-state index in [2.05, 4.69) is 24.2 Å². The Morgan fingerprint density at radius 3 is 2.71 bits per heavy atom. The van der Waals surface area contributed by atoms with Gasteiger partial charge in [0.05, 0.1) is 16.6 Å². The van der Waals surface area contributed by atoms with Gasteiger partial charge in [0.15, 0.2) is 0 Å². The smallest absolute Gasteiger partial charge is 0.292 e. The fourth-order valence-corrected chi connectivity index (χ4v) is 2.55. The van der Waals surface area contributed by atoms with Crippen molar-refractivity contribution in [1.29, 1.82) is 5.26 Å². The molecule has 0 unspecified atom stereocenters. The Morgan fingerprint density at radius 1 is 1.48 bits per heavy atom. The number of nitrogens with zero attached hydrogens (tertiary/aromatic N) is 3. The normalized spacial score (nSPS) is 18.0. The number of nitro benzene ring substituents is 1. The van der Waals surface area contributed by atoms with E-state index in [1.54, 1.807) is 6.07 Å². The van der Waals surface area contributed by atoms with Gasteiger partial charge in [0.25, 0.3) is 5.69 Å². The van der Waals surface area contributed by atoms with Crippen molar-refractivity contribution in [2.45, 2.75) is 19.8 Å². The Bertz CT molecular complexity index is 572. The Hall–Kier alpha value is -2.13. The van der Waals surface area contributed by atoms with E-state index in [9.17, 15) is 10.1 Å². The van der Waals surface area contributed by atoms with Crippen molar-refractivity contribution < 1.29 is 4.92 Å². The highest BCUT2D eigenvalue weighted by Gasteiger charge is 2.29. The molecule has 1 aliphatic rings. The summed E-state index contributed by atoms with van der Waals surface area (Å²) < 4.78 is 0. The van der Waals surface area contributed by atoms with Crippen LogP contribution in [-0.4, -0.2) is 36.5 Å². The van der Waals surface area contributed by atoms with Crippen LogP contribution in [0.25, 0.3) is 0 Å². The molecule has 1 aromatic carbocycles. The van der Waals surface area contributed by atoms with Crippen LogP contribution in [0.3, 0.4) is 0 Å². The number of nitro groups is 1. The SMILES string of the molecule is CN1CCC(C)(CNc2cc(C#N)ccc2[N+](=O)[O-])CC1. The highest BCUT2D eigenvalue weighted by atomic mass is 16.6. The third-order valence-corrected chi connectivity index (χ3v) is 4.22. The molecule has 0 bridgehead atoms. The Kier molecular flexibility index (Phi) is 4.43. The van der Waals surface area contributed by atoms with Crippen LogP contribution < -0.4 is 5.32 Å². The zero-order chi connectivity index (χ0) is 15.5. The van der Waals surface area contributed by atoms with Gasteiger partial charge < -0.3 is 10.2 Å². The van der Waals surface area contributed by atoms with E-state index >= 15 is 0 Å². The summed E-state index contributed by atoms with van der Waals surface area (Å²) in [5.41, 5.74) is 1.00. The van der Waals surface area contributed by atoms with Gasteiger partial charge in [0.1, 0.15) is 5.69 Å². The van der Waals surface area contributed by atoms with Crippen LogP contribution in [0.4, 0.5) is 11.4 Å². The Morgan fingerprint density at radius 2 is 2.14 bits per heavy atom. The summed E-state index contributed by atoms with van der Waals surface area (Å²) in [6.07, 6.45) is 2.12. The topological polar surface area (TPSA) is 82.2 Å². The summed E-state index contributed by atoms with van der Waals surface area (Å²) in [6, 6.07) is 6.43. The van der Waals surface area contributed by atoms with Gasteiger partial charge in [-0.05, 0) is 50.5 Å². The fraction of sp³-hybridized carbons (Fsp3) is 0.533. The van der Waals surface area contributed by atoms with Crippen molar-refractivity contribution in [2.75, 3.05) is 32.0 Å². The standard InChI is InChI=1S/C15H20N4O2/c1-15(5-7-18(2)8-6-15)11-17-13-9-12(10-16)3-4-14(13)19(20)21/h3-4,9,17H,5-8,11H2,1-2H3. The zero-order valence-electron chi connectivity index (χ0n) is 12.4. The van der Waals surface area contributed by atoms with Gasteiger partial charge in [-0.2, -0.15) is 5.26 Å². The third kappa shape index (κ3) is 3.70. The van der Waals surface area contributed by atoms with Crippen LogP contribution in [0.2, 0.25) is 0 Å². The molecule has 0 saturated carbocycles. The van der Waals surface area contributed by atoms with Crippen LogP contribution in [0.5, 0.6) is 0 Å². The van der Waals surface area contributed by atoms with Gasteiger partial charge in [-0.3, -0.25) is 10.1 Å². The van der Waals surface area contributed by atoms with Crippen LogP contribution in [0.1, 0.15) is 25.3 Å². The first-order valence-corrected chi connectivity index (χ1v) is 7.04. The lowest BCUT2D eigenvalue weighted by Gasteiger charge is -2.38. The minimum absolute atomic E-state index is 0.0190. The van der Waals surface area contributed by atoms with E-state index in [1.807, 2.05) is 6.07 Å². The molecule has 0 amide bonds. The van der Waals surface area contributed by atoms with Gasteiger partial charge in [-0.1, -0.05) is 6.92 Å². The number of anilines is 1. The van der Waals surface area contributed by atoms with E-state index in [4.69, 9.17) is 5.26 Å². The lowest BCUT2D eigenvalue weighted by Crippen LogP contribution is -2.40. The summed E-state index contributed by atoms with van der Waals surface area (Å²) in [5.74, 6) is 0. The lowest BCUT2D eigenvalue weighted by molar-refractivity contribution is -0.384. The monoisotopic (exact) mass is 288 g/mol. The molecule has 1 heterocycles. The quantitative estimate of drug-likeness (QED) is 0.680. The molecule has 0 radical (unpaired) electrons. The maximum absolute atomic E-state index is 11.1. The second-order valence-electron chi connectivity index (χ2n) is 6.07. The molecule has 1 aromatic rings. The van der Waals surface area contributed by atoms with Crippen LogP contribution in [0.15, 0.2) is 18.2 Å². The number of hydrogen-bond acceptors (Lipinski definition) is 5. The van der Waals surface area contributed by atoms with Crippen molar-refractivity contribution in [3.8, 4) is 6.07 Å². The molecule has 2 rings (SSSR count). The molecule has 0 atom stereocenters. The molecule has 0 aliphatic carbocycles. The summed E-state index contributed by atoms with van der Waals surface area (Å²) >= 11 is 0. The maximum Gasteiger partial charge on any atom is 0.292 e. The number of nitrogens with one attached hydrogen (secondary N) is 1. The molecule has 0 aromatic heterocycles. The number of nitriles is 1. The number of rotatable bonds is 4. The number of hydrogen-bond donors (Lipinski definition) is 1. The van der Waals surface area contributed by atoms with E-state index in [-0.39, 0.29) is 11.1 Å². The van der Waals surface area contributed by atoms with Crippen LogP contribution >= 0.6 is 0 Å². The lowest BCUT2D eigenvalue weighted by atomic mass is 9.80. The first-order chi connectivity index (χ1) is 9.93. The average molecular weight is 288 g/mol. The maximum atomic E-state index is 11.1. The van der Waals surface area contributed by atoms with Gasteiger partial charge in [0, 0.05) is 12.6 Å². The van der Waals surface area contributed by atoms with Crippen molar-refractivity contribution >= 4 is 11.4 Å². The van der Waals surface area contributed by atoms with Crippen molar-refractivity contribution in [3.63, 3.8) is 0 Å². The number of benzene rings is 1. The summed E-state index contributed by atoms with van der Waals surface area (Å²) in [7, 11) is 2.11. The molecular weight excluding hydrogens is 268 g/mol. The predicted octanol–water partition coefficient (Wildman–Crippen LogP) is 2.61. The molecule has 1 saturated heterocycles. The Labute approximate surface area is 124 Å². The van der Waals surface area contributed by atoms with E-state index in [0.717, 1.165) is 25.9 Å². The van der Waals surface area contributed by atoms with Gasteiger partial charge >= 0.3 is 0 Å². The van der Waals surface area contributed by atoms with E-state index < -0.39 is 4.92 Å². The minimum Gasteiger partial charge on any atom is -0.379 e. The molecule has 112 valence electrons. The molecule has 21 heavy (non-hydrogen) atoms. The van der Waals surface area contributed by atoms with Crippen molar-refractivity contribution in [3.05, 3.63) is 33.9 Å². The highest BCUT2D eigenvalue weighted by molar-refractivity contribution is 5.64. The third-order valence-electron chi connectivity index (χ3n) is 4.22. The predicted molar refractivity (Wildman–Crippen MR) is 81.1 cm³/mol. The average Bonchev–Trinajstić information content (AvgIpc) is 2.48. The molecular formula is C15H20N4O2. The largest absolute Gasteiger partial charge is 0.379 e. The molecule has 1 N–H and O–H groups in total. The first-order valence-electron chi connectivity index (χ1n) is 7.04. The van der Waals surface area contributed by atoms with E-state index in [1.165, 1.54) is 12.1 Å². The minimum atomic E-state index is -0.416. The van der Waals surface area contributed by atoms with Crippen molar-refractivity contribution in [2.24, 2.45) is 5.41 Å². The molecule has 1 aliphatic heterocycles. The summed E-state index contributed by atoms with van der Waals surface area (Å²) in [5, 5.41) is 23.2.